The van der Waals surface area contributed by atoms with E-state index in [0.29, 0.717) is 17.3 Å². The monoisotopic (exact) mass is 302 g/mol. The molecule has 0 bridgehead atoms. The first-order valence-electron chi connectivity index (χ1n) is 7.36. The van der Waals surface area contributed by atoms with E-state index in [4.69, 9.17) is 0 Å². The smallest absolute Gasteiger partial charge is 0.263 e. The molecule has 0 saturated heterocycles. The molecule has 112 valence electrons. The van der Waals surface area contributed by atoms with Crippen molar-refractivity contribution in [1.82, 2.24) is 10.3 Å². The lowest BCUT2D eigenvalue weighted by molar-refractivity contribution is 0.0952. The molecule has 4 heteroatoms. The first-order chi connectivity index (χ1) is 10.0. The van der Waals surface area contributed by atoms with Gasteiger partial charge in [-0.05, 0) is 24.8 Å². The quantitative estimate of drug-likeness (QED) is 0.904. The molecule has 0 spiro atoms. The molecule has 0 aliphatic heterocycles. The number of aromatic nitrogens is 1. The number of nitrogens with zero attached hydrogens (tertiary/aromatic N) is 1. The molecule has 1 aromatic heterocycles. The molecule has 0 atom stereocenters. The fourth-order valence-corrected chi connectivity index (χ4v) is 2.98. The van der Waals surface area contributed by atoms with E-state index in [1.807, 2.05) is 6.92 Å². The molecular weight excluding hydrogens is 280 g/mol. The summed E-state index contributed by atoms with van der Waals surface area (Å²) in [6.07, 6.45) is 1.03. The Morgan fingerprint density at radius 1 is 1.29 bits per heavy atom. The van der Waals surface area contributed by atoms with Crippen molar-refractivity contribution in [3.63, 3.8) is 0 Å². The molecule has 0 unspecified atom stereocenters. The lowest BCUT2D eigenvalue weighted by Gasteiger charge is -2.06. The maximum atomic E-state index is 12.2. The molecule has 1 N–H and O–H groups in total. The Labute approximate surface area is 130 Å². The number of aryl methyl sites for hydroxylation is 2. The first kappa shape index (κ1) is 15.7. The second kappa shape index (κ2) is 6.85. The molecule has 1 heterocycles. The number of carbonyl (C=O) groups excluding carboxylic acids is 1. The molecule has 0 aliphatic rings. The van der Waals surface area contributed by atoms with Crippen molar-refractivity contribution in [3.8, 4) is 10.6 Å². The van der Waals surface area contributed by atoms with Crippen molar-refractivity contribution in [2.75, 3.05) is 6.54 Å². The van der Waals surface area contributed by atoms with E-state index in [2.05, 4.69) is 55.3 Å². The minimum absolute atomic E-state index is 0.0184. The Bertz CT molecular complexity index is 614. The second-order valence-corrected chi connectivity index (χ2v) is 6.59. The van der Waals surface area contributed by atoms with Gasteiger partial charge >= 0.3 is 0 Å². The summed E-state index contributed by atoms with van der Waals surface area (Å²) in [6.45, 7) is 8.89. The van der Waals surface area contributed by atoms with E-state index in [0.717, 1.165) is 22.7 Å². The number of benzene rings is 1. The Kier molecular flexibility index (Phi) is 5.12. The summed E-state index contributed by atoms with van der Waals surface area (Å²) in [7, 11) is 0. The summed E-state index contributed by atoms with van der Waals surface area (Å²) in [5.41, 5.74) is 3.18. The fourth-order valence-electron chi connectivity index (χ4n) is 1.99. The van der Waals surface area contributed by atoms with Crippen LogP contribution >= 0.6 is 11.3 Å². The zero-order chi connectivity index (χ0) is 15.4. The van der Waals surface area contributed by atoms with Crippen LogP contribution in [-0.2, 0) is 6.42 Å². The van der Waals surface area contributed by atoms with Gasteiger partial charge < -0.3 is 5.32 Å². The minimum atomic E-state index is -0.0184. The molecule has 1 aromatic carbocycles. The van der Waals surface area contributed by atoms with Gasteiger partial charge in [-0.15, -0.1) is 11.3 Å². The van der Waals surface area contributed by atoms with Crippen molar-refractivity contribution in [2.24, 2.45) is 5.92 Å². The Hall–Kier alpha value is -1.68. The number of thiazole rings is 1. The Morgan fingerprint density at radius 3 is 2.52 bits per heavy atom. The summed E-state index contributed by atoms with van der Waals surface area (Å²) >= 11 is 1.46. The lowest BCUT2D eigenvalue weighted by atomic mass is 10.1. The molecular formula is C17H22N2OS. The van der Waals surface area contributed by atoms with E-state index in [-0.39, 0.29) is 5.91 Å². The van der Waals surface area contributed by atoms with Gasteiger partial charge in [0.05, 0.1) is 5.69 Å². The van der Waals surface area contributed by atoms with Gasteiger partial charge in [0, 0.05) is 12.1 Å². The van der Waals surface area contributed by atoms with Crippen molar-refractivity contribution in [3.05, 3.63) is 40.4 Å². The van der Waals surface area contributed by atoms with Crippen LogP contribution < -0.4 is 5.32 Å². The van der Waals surface area contributed by atoms with Gasteiger partial charge in [0.2, 0.25) is 0 Å². The van der Waals surface area contributed by atoms with Crippen molar-refractivity contribution < 1.29 is 4.79 Å². The zero-order valence-electron chi connectivity index (χ0n) is 13.1. The van der Waals surface area contributed by atoms with Crippen molar-refractivity contribution in [2.45, 2.75) is 34.1 Å². The van der Waals surface area contributed by atoms with Gasteiger partial charge in [0.15, 0.2) is 0 Å². The molecule has 1 amide bonds. The van der Waals surface area contributed by atoms with Crippen LogP contribution in [0.3, 0.4) is 0 Å². The predicted octanol–water partition coefficient (Wildman–Crippen LogP) is 4.07. The third-order valence-electron chi connectivity index (χ3n) is 3.28. The molecule has 0 fully saturated rings. The molecule has 2 aromatic rings. The summed E-state index contributed by atoms with van der Waals surface area (Å²) in [5, 5.41) is 3.86. The summed E-state index contributed by atoms with van der Waals surface area (Å²) < 4.78 is 0. The summed E-state index contributed by atoms with van der Waals surface area (Å²) in [4.78, 5) is 17.4. The first-order valence-corrected chi connectivity index (χ1v) is 8.17. The second-order valence-electron chi connectivity index (χ2n) is 5.59. The van der Waals surface area contributed by atoms with Gasteiger partial charge in [-0.2, -0.15) is 0 Å². The van der Waals surface area contributed by atoms with E-state index in [9.17, 15) is 4.79 Å². The lowest BCUT2D eigenvalue weighted by Crippen LogP contribution is -2.27. The van der Waals surface area contributed by atoms with E-state index >= 15 is 0 Å². The molecule has 0 saturated carbocycles. The fraction of sp³-hybridized carbons (Fsp3) is 0.412. The summed E-state index contributed by atoms with van der Waals surface area (Å²) in [6, 6.07) is 8.38. The van der Waals surface area contributed by atoms with Gasteiger partial charge in [-0.3, -0.25) is 4.79 Å². The van der Waals surface area contributed by atoms with Crippen molar-refractivity contribution in [1.29, 1.82) is 0 Å². The number of hydrogen-bond acceptors (Lipinski definition) is 3. The summed E-state index contributed by atoms with van der Waals surface area (Å²) in [5.74, 6) is 0.429. The molecule has 0 radical (unpaired) electrons. The maximum Gasteiger partial charge on any atom is 0.263 e. The topological polar surface area (TPSA) is 42.0 Å². The van der Waals surface area contributed by atoms with E-state index in [1.165, 1.54) is 16.9 Å². The van der Waals surface area contributed by atoms with Crippen LogP contribution in [0.5, 0.6) is 0 Å². The van der Waals surface area contributed by atoms with Crippen LogP contribution in [0, 0.1) is 12.8 Å². The van der Waals surface area contributed by atoms with E-state index < -0.39 is 0 Å². The van der Waals surface area contributed by atoms with Gasteiger partial charge in [-0.1, -0.05) is 45.0 Å². The highest BCUT2D eigenvalue weighted by Gasteiger charge is 2.16. The molecule has 2 rings (SSSR count). The van der Waals surface area contributed by atoms with Crippen LogP contribution in [0.25, 0.3) is 10.6 Å². The third-order valence-corrected chi connectivity index (χ3v) is 4.49. The van der Waals surface area contributed by atoms with Crippen LogP contribution in [0.4, 0.5) is 0 Å². The largest absolute Gasteiger partial charge is 0.351 e. The molecule has 0 aliphatic carbocycles. The van der Waals surface area contributed by atoms with Crippen LogP contribution in [0.1, 0.15) is 41.7 Å². The van der Waals surface area contributed by atoms with Gasteiger partial charge in [0.1, 0.15) is 9.88 Å². The average molecular weight is 302 g/mol. The van der Waals surface area contributed by atoms with E-state index in [1.54, 1.807) is 0 Å². The molecule has 3 nitrogen and oxygen atoms in total. The highest BCUT2D eigenvalue weighted by molar-refractivity contribution is 7.17. The Balaban J connectivity index is 2.19. The minimum Gasteiger partial charge on any atom is -0.351 e. The Morgan fingerprint density at radius 2 is 1.95 bits per heavy atom. The number of amides is 1. The number of carbonyl (C=O) groups is 1. The van der Waals surface area contributed by atoms with Crippen LogP contribution in [-0.4, -0.2) is 17.4 Å². The number of hydrogen-bond donors (Lipinski definition) is 1. The highest BCUT2D eigenvalue weighted by Crippen LogP contribution is 2.28. The average Bonchev–Trinajstić information content (AvgIpc) is 2.87. The van der Waals surface area contributed by atoms with Gasteiger partial charge in [0.25, 0.3) is 5.91 Å². The highest BCUT2D eigenvalue weighted by atomic mass is 32.1. The number of rotatable bonds is 5. The van der Waals surface area contributed by atoms with Gasteiger partial charge in [-0.25, -0.2) is 4.98 Å². The SMILES string of the molecule is CCc1ccc(-c2nc(C)c(C(=O)NCC(C)C)s2)cc1. The number of nitrogens with one attached hydrogen (secondary N) is 1. The normalized spacial score (nSPS) is 10.9. The van der Waals surface area contributed by atoms with Crippen LogP contribution in [0.2, 0.25) is 0 Å². The van der Waals surface area contributed by atoms with Crippen molar-refractivity contribution >= 4 is 17.2 Å². The standard InChI is InChI=1S/C17H22N2OS/c1-5-13-6-8-14(9-7-13)17-19-12(4)15(21-17)16(20)18-10-11(2)3/h6-9,11H,5,10H2,1-4H3,(H,18,20). The van der Waals surface area contributed by atoms with Crippen LogP contribution in [0.15, 0.2) is 24.3 Å². The third kappa shape index (κ3) is 3.91. The predicted molar refractivity (Wildman–Crippen MR) is 88.8 cm³/mol. The molecule has 21 heavy (non-hydrogen) atoms. The maximum absolute atomic E-state index is 12.2. The zero-order valence-corrected chi connectivity index (χ0v) is 13.9.